The van der Waals surface area contributed by atoms with E-state index in [1.807, 2.05) is 25.1 Å². The van der Waals surface area contributed by atoms with Crippen LogP contribution in [0, 0.1) is 0 Å². The number of aliphatic carboxylic acids is 1. The summed E-state index contributed by atoms with van der Waals surface area (Å²) in [4.78, 5) is 22.6. The molecule has 0 spiro atoms. The molecule has 150 valence electrons. The van der Waals surface area contributed by atoms with E-state index >= 15 is 0 Å². The van der Waals surface area contributed by atoms with Gasteiger partial charge in [-0.3, -0.25) is 9.59 Å². The molecule has 0 radical (unpaired) electrons. The molecule has 0 saturated heterocycles. The fourth-order valence-corrected chi connectivity index (χ4v) is 4.81. The Hall–Kier alpha value is -2.52. The fourth-order valence-electron chi connectivity index (χ4n) is 3.35. The number of carboxylic acid groups (broad SMARTS) is 1. The van der Waals surface area contributed by atoms with Crippen LogP contribution in [0.5, 0.6) is 0 Å². The van der Waals surface area contributed by atoms with Gasteiger partial charge < -0.3 is 5.11 Å². The van der Waals surface area contributed by atoms with Gasteiger partial charge in [-0.2, -0.15) is 5.10 Å². The zero-order valence-electron chi connectivity index (χ0n) is 15.6. The van der Waals surface area contributed by atoms with Crippen molar-refractivity contribution in [1.82, 2.24) is 14.5 Å². The molecule has 1 aromatic carbocycles. The Labute approximate surface area is 163 Å². The molecule has 1 atom stereocenters. The summed E-state index contributed by atoms with van der Waals surface area (Å²) < 4.78 is 28.0. The van der Waals surface area contributed by atoms with Crippen LogP contribution in [-0.2, 0) is 34.2 Å². The summed E-state index contributed by atoms with van der Waals surface area (Å²) in [6.45, 7) is 1.45. The Morgan fingerprint density at radius 1 is 1.25 bits per heavy atom. The molecule has 0 fully saturated rings. The highest BCUT2D eigenvalue weighted by atomic mass is 32.2. The van der Waals surface area contributed by atoms with Gasteiger partial charge in [-0.1, -0.05) is 25.5 Å². The highest BCUT2D eigenvalue weighted by Crippen LogP contribution is 2.27. The van der Waals surface area contributed by atoms with Crippen LogP contribution < -0.4 is 10.3 Å². The highest BCUT2D eigenvalue weighted by Gasteiger charge is 2.25. The van der Waals surface area contributed by atoms with Gasteiger partial charge in [-0.05, 0) is 42.5 Å². The van der Waals surface area contributed by atoms with Crippen molar-refractivity contribution >= 4 is 16.0 Å². The minimum Gasteiger partial charge on any atom is -0.480 e. The number of sulfonamides is 1. The summed E-state index contributed by atoms with van der Waals surface area (Å²) >= 11 is 0. The summed E-state index contributed by atoms with van der Waals surface area (Å²) in [6, 6.07) is 8.39. The van der Waals surface area contributed by atoms with Crippen LogP contribution in [-0.4, -0.2) is 41.1 Å². The Morgan fingerprint density at radius 2 is 2.00 bits per heavy atom. The lowest BCUT2D eigenvalue weighted by molar-refractivity contribution is -0.138. The topological polar surface area (TPSA) is 118 Å². The first-order chi connectivity index (χ1) is 13.3. The van der Waals surface area contributed by atoms with Gasteiger partial charge in [-0.25, -0.2) is 17.8 Å². The van der Waals surface area contributed by atoms with E-state index in [4.69, 9.17) is 5.11 Å². The molecule has 0 aliphatic heterocycles. The molecule has 1 heterocycles. The van der Waals surface area contributed by atoms with E-state index in [0.717, 1.165) is 27.8 Å². The molecule has 0 bridgehead atoms. The smallest absolute Gasteiger partial charge is 0.325 e. The predicted molar refractivity (Wildman–Crippen MR) is 105 cm³/mol. The van der Waals surface area contributed by atoms with E-state index in [-0.39, 0.29) is 11.8 Å². The largest absolute Gasteiger partial charge is 0.480 e. The number of benzene rings is 1. The maximum absolute atomic E-state index is 12.1. The summed E-state index contributed by atoms with van der Waals surface area (Å²) in [5.41, 5.74) is 2.88. The number of hydrogen-bond donors (Lipinski definition) is 2. The van der Waals surface area contributed by atoms with Crippen LogP contribution in [0.15, 0.2) is 35.1 Å². The molecule has 1 aliphatic rings. The first-order valence-electron chi connectivity index (χ1n) is 9.19. The molecule has 2 aromatic rings. The highest BCUT2D eigenvalue weighted by molar-refractivity contribution is 7.89. The van der Waals surface area contributed by atoms with E-state index < -0.39 is 28.1 Å². The van der Waals surface area contributed by atoms with Crippen LogP contribution in [0.1, 0.15) is 30.9 Å². The van der Waals surface area contributed by atoms with Crippen molar-refractivity contribution < 1.29 is 18.3 Å². The molecule has 9 heteroatoms. The SMILES string of the molecule is CCCCS(=O)(=O)NC1Cc2ccc(-c3ccc(=O)n(CC(=O)O)n3)cc2C1. The van der Waals surface area contributed by atoms with Crippen LogP contribution in [0.2, 0.25) is 0 Å². The van der Waals surface area contributed by atoms with E-state index in [1.165, 1.54) is 6.07 Å². The Morgan fingerprint density at radius 3 is 2.71 bits per heavy atom. The number of carboxylic acids is 1. The molecular weight excluding hydrogens is 382 g/mol. The van der Waals surface area contributed by atoms with Crippen LogP contribution in [0.25, 0.3) is 11.3 Å². The van der Waals surface area contributed by atoms with E-state index in [2.05, 4.69) is 9.82 Å². The first-order valence-corrected chi connectivity index (χ1v) is 10.8. The molecule has 8 nitrogen and oxygen atoms in total. The number of rotatable bonds is 8. The van der Waals surface area contributed by atoms with Gasteiger partial charge in [0, 0.05) is 17.7 Å². The monoisotopic (exact) mass is 405 g/mol. The molecule has 1 aliphatic carbocycles. The molecule has 1 aromatic heterocycles. The molecule has 2 N–H and O–H groups in total. The van der Waals surface area contributed by atoms with Gasteiger partial charge in [0.05, 0.1) is 11.4 Å². The molecule has 1 unspecified atom stereocenters. The first kappa shape index (κ1) is 20.2. The normalized spacial score (nSPS) is 16.1. The molecule has 0 saturated carbocycles. The predicted octanol–water partition coefficient (Wildman–Crippen LogP) is 1.18. The van der Waals surface area contributed by atoms with Gasteiger partial charge in [0.15, 0.2) is 0 Å². The van der Waals surface area contributed by atoms with Crippen molar-refractivity contribution in [2.24, 2.45) is 0 Å². The quantitative estimate of drug-likeness (QED) is 0.681. The van der Waals surface area contributed by atoms with Crippen molar-refractivity contribution in [1.29, 1.82) is 0 Å². The van der Waals surface area contributed by atoms with Crippen molar-refractivity contribution in [2.75, 3.05) is 5.75 Å². The third-order valence-electron chi connectivity index (χ3n) is 4.70. The number of hydrogen-bond acceptors (Lipinski definition) is 5. The van der Waals surface area contributed by atoms with Crippen LogP contribution in [0.3, 0.4) is 0 Å². The lowest BCUT2D eigenvalue weighted by atomic mass is 10.0. The van der Waals surface area contributed by atoms with Crippen LogP contribution >= 0.6 is 0 Å². The zero-order chi connectivity index (χ0) is 20.3. The minimum absolute atomic E-state index is 0.136. The maximum atomic E-state index is 12.1. The summed E-state index contributed by atoms with van der Waals surface area (Å²) in [5, 5.41) is 13.0. The van der Waals surface area contributed by atoms with Crippen molar-refractivity contribution in [3.05, 3.63) is 51.8 Å². The van der Waals surface area contributed by atoms with E-state index in [9.17, 15) is 18.0 Å². The van der Waals surface area contributed by atoms with Crippen molar-refractivity contribution in [3.8, 4) is 11.3 Å². The number of nitrogens with zero attached hydrogens (tertiary/aromatic N) is 2. The average Bonchev–Trinajstić information content (AvgIpc) is 3.02. The number of carbonyl (C=O) groups is 1. The number of unbranched alkanes of at least 4 members (excludes halogenated alkanes) is 1. The number of aromatic nitrogens is 2. The third kappa shape index (κ3) is 4.85. The zero-order valence-corrected chi connectivity index (χ0v) is 16.4. The lowest BCUT2D eigenvalue weighted by Gasteiger charge is -2.12. The Bertz CT molecular complexity index is 1050. The summed E-state index contributed by atoms with van der Waals surface area (Å²) in [7, 11) is -3.29. The van der Waals surface area contributed by atoms with E-state index in [1.54, 1.807) is 6.07 Å². The van der Waals surface area contributed by atoms with Crippen LogP contribution in [0.4, 0.5) is 0 Å². The minimum atomic E-state index is -3.29. The summed E-state index contributed by atoms with van der Waals surface area (Å²) in [6.07, 6.45) is 2.68. The van der Waals surface area contributed by atoms with Gasteiger partial charge in [0.25, 0.3) is 5.56 Å². The molecule has 3 rings (SSSR count). The van der Waals surface area contributed by atoms with Gasteiger partial charge in [-0.15, -0.1) is 0 Å². The van der Waals surface area contributed by atoms with Gasteiger partial charge >= 0.3 is 5.97 Å². The lowest BCUT2D eigenvalue weighted by Crippen LogP contribution is -2.36. The van der Waals surface area contributed by atoms with Gasteiger partial charge in [0.1, 0.15) is 6.54 Å². The second kappa shape index (κ2) is 8.24. The Balaban J connectivity index is 1.78. The average molecular weight is 405 g/mol. The Kier molecular flexibility index (Phi) is 5.95. The molecule has 28 heavy (non-hydrogen) atoms. The van der Waals surface area contributed by atoms with Crippen molar-refractivity contribution in [2.45, 2.75) is 45.2 Å². The number of nitrogens with one attached hydrogen (secondary N) is 1. The second-order valence-corrected chi connectivity index (χ2v) is 8.86. The van der Waals surface area contributed by atoms with Crippen molar-refractivity contribution in [3.63, 3.8) is 0 Å². The third-order valence-corrected chi connectivity index (χ3v) is 6.22. The van der Waals surface area contributed by atoms with Gasteiger partial charge in [0.2, 0.25) is 10.0 Å². The maximum Gasteiger partial charge on any atom is 0.325 e. The summed E-state index contributed by atoms with van der Waals surface area (Å²) in [5.74, 6) is -1.00. The van der Waals surface area contributed by atoms with E-state index in [0.29, 0.717) is 25.0 Å². The standard InChI is InChI=1S/C19H23N3O5S/c1-2-3-8-28(26,27)21-16-10-13-4-5-14(9-15(13)11-16)17-6-7-18(23)22(20-17)12-19(24)25/h4-7,9,16,21H,2-3,8,10-12H2,1H3,(H,24,25). The second-order valence-electron chi connectivity index (χ2n) is 6.99. The molecular formula is C19H23N3O5S. The fraction of sp³-hybridized carbons (Fsp3) is 0.421. The number of fused-ring (bicyclic) bond motifs is 1. The molecule has 0 amide bonds.